The lowest BCUT2D eigenvalue weighted by Gasteiger charge is -2.22. The Morgan fingerprint density at radius 2 is 2.00 bits per heavy atom. The first-order chi connectivity index (χ1) is 15.2. The zero-order chi connectivity index (χ0) is 22.9. The summed E-state index contributed by atoms with van der Waals surface area (Å²) in [6.07, 6.45) is 1.54. The van der Waals surface area contributed by atoms with Crippen LogP contribution >= 0.6 is 0 Å². The van der Waals surface area contributed by atoms with E-state index in [0.29, 0.717) is 38.2 Å². The second kappa shape index (κ2) is 9.15. The second-order valence-electron chi connectivity index (χ2n) is 8.80. The number of hydrogen-bond donors (Lipinski definition) is 1. The van der Waals surface area contributed by atoms with Gasteiger partial charge in [-0.1, -0.05) is 12.1 Å². The second-order valence-corrected chi connectivity index (χ2v) is 11.0. The summed E-state index contributed by atoms with van der Waals surface area (Å²) in [5.74, 6) is 1.81. The molecule has 1 aromatic carbocycles. The predicted octanol–water partition coefficient (Wildman–Crippen LogP) is 1.69. The molecule has 0 spiro atoms. The van der Waals surface area contributed by atoms with Crippen LogP contribution in [0.2, 0.25) is 0 Å². The molecular weight excluding hydrogens is 428 g/mol. The van der Waals surface area contributed by atoms with Crippen LogP contribution in [0, 0.1) is 13.8 Å². The number of ether oxygens (including phenoxy) is 1. The third-order valence-corrected chi connectivity index (χ3v) is 7.85. The molecule has 32 heavy (non-hydrogen) atoms. The van der Waals surface area contributed by atoms with Gasteiger partial charge in [0.15, 0.2) is 15.7 Å². The van der Waals surface area contributed by atoms with Crippen molar-refractivity contribution in [2.45, 2.75) is 45.3 Å². The first-order valence-electron chi connectivity index (χ1n) is 11.0. The number of carbonyl (C=O) groups is 1. The molecule has 1 aromatic heterocycles. The first kappa shape index (κ1) is 22.7. The van der Waals surface area contributed by atoms with Crippen LogP contribution in [0.5, 0.6) is 5.75 Å². The van der Waals surface area contributed by atoms with Gasteiger partial charge in [-0.3, -0.25) is 4.79 Å². The quantitative estimate of drug-likeness (QED) is 0.674. The third kappa shape index (κ3) is 5.27. The molecule has 4 rings (SSSR count). The fourth-order valence-electron chi connectivity index (χ4n) is 4.37. The summed E-state index contributed by atoms with van der Waals surface area (Å²) in [5, 5.41) is 2.96. The summed E-state index contributed by atoms with van der Waals surface area (Å²) >= 11 is 0. The molecular formula is C23H30N4O4S. The van der Waals surface area contributed by atoms with Crippen molar-refractivity contribution in [2.75, 3.05) is 31.6 Å². The Kier molecular flexibility index (Phi) is 6.48. The molecule has 3 heterocycles. The fourth-order valence-corrected chi connectivity index (χ4v) is 6.18. The normalized spacial score (nSPS) is 21.4. The lowest BCUT2D eigenvalue weighted by molar-refractivity contribution is -0.121. The number of nitrogens with one attached hydrogen (secondary N) is 1. The average Bonchev–Trinajstić information content (AvgIpc) is 3.32. The molecule has 9 heteroatoms. The summed E-state index contributed by atoms with van der Waals surface area (Å²) in [4.78, 5) is 23.4. The van der Waals surface area contributed by atoms with Crippen molar-refractivity contribution in [1.82, 2.24) is 20.2 Å². The van der Waals surface area contributed by atoms with Gasteiger partial charge in [0, 0.05) is 36.8 Å². The maximum absolute atomic E-state index is 12.4. The monoisotopic (exact) mass is 458 g/mol. The molecule has 0 saturated carbocycles. The molecule has 0 bridgehead atoms. The topological polar surface area (TPSA) is 101 Å². The van der Waals surface area contributed by atoms with Crippen molar-refractivity contribution in [3.05, 3.63) is 41.2 Å². The summed E-state index contributed by atoms with van der Waals surface area (Å²) in [5.41, 5.74) is 3.78. The number of fused-ring (bicyclic) bond motifs is 1. The van der Waals surface area contributed by atoms with Crippen LogP contribution in [0.4, 0.5) is 0 Å². The minimum atomic E-state index is -2.92. The fraction of sp³-hybridized carbons (Fsp3) is 0.522. The molecule has 0 unspecified atom stereocenters. The van der Waals surface area contributed by atoms with Gasteiger partial charge in [-0.25, -0.2) is 18.4 Å². The molecule has 2 aromatic rings. The predicted molar refractivity (Wildman–Crippen MR) is 122 cm³/mol. The van der Waals surface area contributed by atoms with Crippen molar-refractivity contribution in [2.24, 2.45) is 0 Å². The SMILES string of the molecule is Cc1cc(C)nc(-c2cccc3c2O[C@@H](CNC(=O)CCN(C)[C@@H]2CCS(=O)(=O)C2)C3)n1. The van der Waals surface area contributed by atoms with Gasteiger partial charge in [0.2, 0.25) is 5.91 Å². The number of para-hydroxylation sites is 1. The largest absolute Gasteiger partial charge is 0.487 e. The van der Waals surface area contributed by atoms with Gasteiger partial charge in [-0.2, -0.15) is 0 Å². The Labute approximate surface area is 189 Å². The van der Waals surface area contributed by atoms with Gasteiger partial charge < -0.3 is 15.0 Å². The molecule has 0 aliphatic carbocycles. The summed E-state index contributed by atoms with van der Waals surface area (Å²) in [6.45, 7) is 4.85. The highest BCUT2D eigenvalue weighted by Gasteiger charge is 2.31. The van der Waals surface area contributed by atoms with E-state index in [2.05, 4.69) is 15.3 Å². The van der Waals surface area contributed by atoms with Crippen molar-refractivity contribution >= 4 is 15.7 Å². The van der Waals surface area contributed by atoms with Gasteiger partial charge in [-0.15, -0.1) is 0 Å². The van der Waals surface area contributed by atoms with Crippen molar-refractivity contribution in [3.8, 4) is 17.1 Å². The van der Waals surface area contributed by atoms with E-state index in [0.717, 1.165) is 28.3 Å². The van der Waals surface area contributed by atoms with Gasteiger partial charge in [-0.05, 0) is 45.0 Å². The highest BCUT2D eigenvalue weighted by Crippen LogP contribution is 2.37. The maximum atomic E-state index is 12.4. The maximum Gasteiger partial charge on any atom is 0.221 e. The minimum Gasteiger partial charge on any atom is -0.487 e. The number of rotatable bonds is 7. The minimum absolute atomic E-state index is 0.00589. The van der Waals surface area contributed by atoms with Crippen LogP contribution in [0.3, 0.4) is 0 Å². The Bertz CT molecular complexity index is 1100. The molecule has 0 radical (unpaired) electrons. The zero-order valence-electron chi connectivity index (χ0n) is 18.8. The molecule has 8 nitrogen and oxygen atoms in total. The lowest BCUT2D eigenvalue weighted by Crippen LogP contribution is -2.38. The van der Waals surface area contributed by atoms with Gasteiger partial charge in [0.25, 0.3) is 0 Å². The van der Waals surface area contributed by atoms with Crippen LogP contribution in [0.15, 0.2) is 24.3 Å². The number of hydrogen-bond acceptors (Lipinski definition) is 7. The molecule has 2 aliphatic rings. The van der Waals surface area contributed by atoms with E-state index in [1.807, 2.05) is 50.1 Å². The number of aromatic nitrogens is 2. The molecule has 1 amide bonds. The number of sulfone groups is 1. The summed E-state index contributed by atoms with van der Waals surface area (Å²) < 4.78 is 29.5. The van der Waals surface area contributed by atoms with Crippen LogP contribution in [-0.2, 0) is 21.1 Å². The first-order valence-corrected chi connectivity index (χ1v) is 12.8. The summed E-state index contributed by atoms with van der Waals surface area (Å²) in [6, 6.07) is 7.93. The van der Waals surface area contributed by atoms with Crippen LogP contribution < -0.4 is 10.1 Å². The van der Waals surface area contributed by atoms with E-state index < -0.39 is 9.84 Å². The van der Waals surface area contributed by atoms with E-state index >= 15 is 0 Å². The Balaban J connectivity index is 1.30. The van der Waals surface area contributed by atoms with E-state index in [-0.39, 0.29) is 29.6 Å². The number of aryl methyl sites for hydroxylation is 2. The highest BCUT2D eigenvalue weighted by atomic mass is 32.2. The Hall–Kier alpha value is -2.52. The number of carbonyl (C=O) groups excluding carboxylic acids is 1. The van der Waals surface area contributed by atoms with Gasteiger partial charge in [0.1, 0.15) is 11.9 Å². The smallest absolute Gasteiger partial charge is 0.221 e. The lowest BCUT2D eigenvalue weighted by atomic mass is 10.1. The molecule has 2 atom stereocenters. The Morgan fingerprint density at radius 3 is 2.69 bits per heavy atom. The molecule has 1 saturated heterocycles. The van der Waals surface area contributed by atoms with Gasteiger partial charge >= 0.3 is 0 Å². The molecule has 172 valence electrons. The van der Waals surface area contributed by atoms with E-state index in [9.17, 15) is 13.2 Å². The van der Waals surface area contributed by atoms with E-state index in [1.54, 1.807) is 0 Å². The van der Waals surface area contributed by atoms with Crippen molar-refractivity contribution < 1.29 is 17.9 Å². The molecule has 1 N–H and O–H groups in total. The number of amides is 1. The highest BCUT2D eigenvalue weighted by molar-refractivity contribution is 7.91. The van der Waals surface area contributed by atoms with Crippen molar-refractivity contribution in [1.29, 1.82) is 0 Å². The van der Waals surface area contributed by atoms with Crippen LogP contribution in [0.25, 0.3) is 11.4 Å². The molecule has 2 aliphatic heterocycles. The Morgan fingerprint density at radius 1 is 1.25 bits per heavy atom. The summed E-state index contributed by atoms with van der Waals surface area (Å²) in [7, 11) is -1.04. The number of benzene rings is 1. The standard InChI is InChI=1S/C23H30N4O4S/c1-15-11-16(2)26-23(25-15)20-6-4-5-17-12-19(31-22(17)20)13-24-21(28)7-9-27(3)18-8-10-32(29,30)14-18/h4-6,11,18-19H,7-10,12-14H2,1-3H3,(H,24,28)/t18-,19-/m1/s1. The number of nitrogens with zero attached hydrogens (tertiary/aromatic N) is 3. The van der Waals surface area contributed by atoms with E-state index in [1.165, 1.54) is 0 Å². The molecule has 1 fully saturated rings. The van der Waals surface area contributed by atoms with Crippen LogP contribution in [-0.4, -0.2) is 73.0 Å². The third-order valence-electron chi connectivity index (χ3n) is 6.10. The van der Waals surface area contributed by atoms with E-state index in [4.69, 9.17) is 4.74 Å². The van der Waals surface area contributed by atoms with Crippen LogP contribution in [0.1, 0.15) is 29.8 Å². The average molecular weight is 459 g/mol. The van der Waals surface area contributed by atoms with Crippen molar-refractivity contribution in [3.63, 3.8) is 0 Å². The zero-order valence-corrected chi connectivity index (χ0v) is 19.6. The van der Waals surface area contributed by atoms with Gasteiger partial charge in [0.05, 0.1) is 23.6 Å².